The first-order valence-corrected chi connectivity index (χ1v) is 10.2. The van der Waals surface area contributed by atoms with Crippen LogP contribution in [0.25, 0.3) is 0 Å². The Labute approximate surface area is 176 Å². The molecule has 2 aromatic carbocycles. The molecule has 0 spiro atoms. The Hall–Kier alpha value is -3.22. The lowest BCUT2D eigenvalue weighted by molar-refractivity contribution is -0.124. The fourth-order valence-corrected chi connectivity index (χ4v) is 3.42. The molecule has 1 N–H and O–H groups in total. The summed E-state index contributed by atoms with van der Waals surface area (Å²) in [4.78, 5) is 26.8. The molecule has 0 saturated carbocycles. The van der Waals surface area contributed by atoms with Crippen LogP contribution in [0.4, 0.5) is 0 Å². The zero-order valence-corrected chi connectivity index (χ0v) is 17.4. The van der Waals surface area contributed by atoms with Gasteiger partial charge in [-0.2, -0.15) is 0 Å². The SMILES string of the molecule is CCOc1ccccc1OCC(=O)NC1CCN(C(=O)c2cccc(OC)c2)CC1. The summed E-state index contributed by atoms with van der Waals surface area (Å²) in [5.41, 5.74) is 0.609. The number of ether oxygens (including phenoxy) is 3. The first-order valence-electron chi connectivity index (χ1n) is 10.2. The lowest BCUT2D eigenvalue weighted by Gasteiger charge is -2.32. The highest BCUT2D eigenvalue weighted by Crippen LogP contribution is 2.26. The Balaban J connectivity index is 1.45. The third kappa shape index (κ3) is 5.65. The van der Waals surface area contributed by atoms with Crippen molar-refractivity contribution in [3.63, 3.8) is 0 Å². The molecule has 30 heavy (non-hydrogen) atoms. The number of piperidine rings is 1. The summed E-state index contributed by atoms with van der Waals surface area (Å²) >= 11 is 0. The highest BCUT2D eigenvalue weighted by atomic mass is 16.5. The summed E-state index contributed by atoms with van der Waals surface area (Å²) in [6.07, 6.45) is 1.41. The van der Waals surface area contributed by atoms with Crippen molar-refractivity contribution in [2.24, 2.45) is 0 Å². The number of benzene rings is 2. The number of likely N-dealkylation sites (tertiary alicyclic amines) is 1. The lowest BCUT2D eigenvalue weighted by Crippen LogP contribution is -2.47. The molecule has 0 unspecified atom stereocenters. The van der Waals surface area contributed by atoms with Crippen LogP contribution in [0, 0.1) is 0 Å². The summed E-state index contributed by atoms with van der Waals surface area (Å²) in [6.45, 7) is 3.53. The molecule has 1 fully saturated rings. The van der Waals surface area contributed by atoms with E-state index in [1.54, 1.807) is 25.3 Å². The Kier molecular flexibility index (Phi) is 7.54. The van der Waals surface area contributed by atoms with E-state index >= 15 is 0 Å². The molecule has 0 radical (unpaired) electrons. The first-order chi connectivity index (χ1) is 14.6. The molecule has 3 rings (SSSR count). The summed E-state index contributed by atoms with van der Waals surface area (Å²) in [5.74, 6) is 1.63. The van der Waals surface area contributed by atoms with Gasteiger partial charge in [0.15, 0.2) is 18.1 Å². The van der Waals surface area contributed by atoms with Crippen LogP contribution in [0.5, 0.6) is 17.2 Å². The largest absolute Gasteiger partial charge is 0.497 e. The average molecular weight is 412 g/mol. The van der Waals surface area contributed by atoms with Crippen molar-refractivity contribution < 1.29 is 23.8 Å². The van der Waals surface area contributed by atoms with Crippen LogP contribution in [-0.4, -0.2) is 56.2 Å². The molecule has 0 atom stereocenters. The molecular formula is C23H28N2O5. The molecule has 7 heteroatoms. The van der Waals surface area contributed by atoms with Gasteiger partial charge in [0, 0.05) is 24.7 Å². The maximum absolute atomic E-state index is 12.7. The molecule has 1 saturated heterocycles. The lowest BCUT2D eigenvalue weighted by atomic mass is 10.0. The fourth-order valence-electron chi connectivity index (χ4n) is 3.42. The van der Waals surface area contributed by atoms with Crippen LogP contribution in [0.15, 0.2) is 48.5 Å². The first kappa shape index (κ1) is 21.5. The minimum absolute atomic E-state index is 0.0189. The molecule has 1 aliphatic heterocycles. The van der Waals surface area contributed by atoms with Crippen molar-refractivity contribution in [1.29, 1.82) is 0 Å². The van der Waals surface area contributed by atoms with Crippen molar-refractivity contribution in [2.75, 3.05) is 33.4 Å². The number of carbonyl (C=O) groups is 2. The van der Waals surface area contributed by atoms with Gasteiger partial charge in [-0.25, -0.2) is 0 Å². The minimum atomic E-state index is -0.182. The van der Waals surface area contributed by atoms with Gasteiger partial charge in [-0.05, 0) is 50.1 Å². The second-order valence-electron chi connectivity index (χ2n) is 7.03. The van der Waals surface area contributed by atoms with Crippen LogP contribution in [0.2, 0.25) is 0 Å². The van der Waals surface area contributed by atoms with Crippen molar-refractivity contribution in [2.45, 2.75) is 25.8 Å². The number of hydrogen-bond acceptors (Lipinski definition) is 5. The number of hydrogen-bond donors (Lipinski definition) is 1. The van der Waals surface area contributed by atoms with Crippen molar-refractivity contribution in [1.82, 2.24) is 10.2 Å². The molecule has 1 aliphatic rings. The van der Waals surface area contributed by atoms with E-state index in [4.69, 9.17) is 14.2 Å². The van der Waals surface area contributed by atoms with E-state index in [2.05, 4.69) is 5.32 Å². The molecule has 160 valence electrons. The van der Waals surface area contributed by atoms with Crippen molar-refractivity contribution in [3.8, 4) is 17.2 Å². The number of amides is 2. The van der Waals surface area contributed by atoms with Gasteiger partial charge in [0.1, 0.15) is 5.75 Å². The number of methoxy groups -OCH3 is 1. The third-order valence-corrected chi connectivity index (χ3v) is 4.97. The van der Waals surface area contributed by atoms with Gasteiger partial charge in [0.05, 0.1) is 13.7 Å². The quantitative estimate of drug-likeness (QED) is 0.721. The van der Waals surface area contributed by atoms with E-state index in [0.717, 1.165) is 0 Å². The number of para-hydroxylation sites is 2. The predicted octanol–water partition coefficient (Wildman–Crippen LogP) is 2.89. The Morgan fingerprint density at radius 1 is 1.03 bits per heavy atom. The highest BCUT2D eigenvalue weighted by Gasteiger charge is 2.25. The van der Waals surface area contributed by atoms with Crippen LogP contribution in [-0.2, 0) is 4.79 Å². The van der Waals surface area contributed by atoms with Crippen LogP contribution < -0.4 is 19.5 Å². The predicted molar refractivity (Wildman–Crippen MR) is 113 cm³/mol. The summed E-state index contributed by atoms with van der Waals surface area (Å²) in [6, 6.07) is 14.5. The second kappa shape index (κ2) is 10.5. The van der Waals surface area contributed by atoms with E-state index in [0.29, 0.717) is 55.4 Å². The monoisotopic (exact) mass is 412 g/mol. The smallest absolute Gasteiger partial charge is 0.258 e. The summed E-state index contributed by atoms with van der Waals surface area (Å²) < 4.78 is 16.3. The molecule has 1 heterocycles. The third-order valence-electron chi connectivity index (χ3n) is 4.97. The number of nitrogens with one attached hydrogen (secondary N) is 1. The van der Waals surface area contributed by atoms with Gasteiger partial charge >= 0.3 is 0 Å². The number of carbonyl (C=O) groups excluding carboxylic acids is 2. The van der Waals surface area contributed by atoms with Crippen LogP contribution in [0.3, 0.4) is 0 Å². The van der Waals surface area contributed by atoms with E-state index in [1.165, 1.54) is 0 Å². The fraction of sp³-hybridized carbons (Fsp3) is 0.391. The minimum Gasteiger partial charge on any atom is -0.497 e. The molecule has 0 bridgehead atoms. The normalized spacial score (nSPS) is 14.1. The highest BCUT2D eigenvalue weighted by molar-refractivity contribution is 5.94. The van der Waals surface area contributed by atoms with Gasteiger partial charge in [-0.15, -0.1) is 0 Å². The van der Waals surface area contributed by atoms with Crippen LogP contribution in [0.1, 0.15) is 30.1 Å². The van der Waals surface area contributed by atoms with Crippen molar-refractivity contribution in [3.05, 3.63) is 54.1 Å². The summed E-state index contributed by atoms with van der Waals surface area (Å²) in [7, 11) is 1.58. The van der Waals surface area contributed by atoms with Gasteiger partial charge in [0.2, 0.25) is 0 Å². The molecule has 2 amide bonds. The van der Waals surface area contributed by atoms with Gasteiger partial charge in [-0.3, -0.25) is 9.59 Å². The van der Waals surface area contributed by atoms with E-state index in [1.807, 2.05) is 42.2 Å². The molecule has 2 aromatic rings. The van der Waals surface area contributed by atoms with Gasteiger partial charge in [0.25, 0.3) is 11.8 Å². The molecule has 7 nitrogen and oxygen atoms in total. The zero-order valence-electron chi connectivity index (χ0n) is 17.4. The van der Waals surface area contributed by atoms with E-state index in [9.17, 15) is 9.59 Å². The van der Waals surface area contributed by atoms with Crippen molar-refractivity contribution >= 4 is 11.8 Å². The zero-order chi connectivity index (χ0) is 21.3. The van der Waals surface area contributed by atoms with Crippen LogP contribution >= 0.6 is 0 Å². The second-order valence-corrected chi connectivity index (χ2v) is 7.03. The molecule has 0 aliphatic carbocycles. The maximum Gasteiger partial charge on any atom is 0.258 e. The standard InChI is InChI=1S/C23H28N2O5/c1-3-29-20-9-4-5-10-21(20)30-16-22(26)24-18-11-13-25(14-12-18)23(27)17-7-6-8-19(15-17)28-2/h4-10,15,18H,3,11-14,16H2,1-2H3,(H,24,26). The van der Waals surface area contributed by atoms with E-state index < -0.39 is 0 Å². The van der Waals surface area contributed by atoms with Gasteiger partial charge < -0.3 is 24.4 Å². The number of nitrogens with zero attached hydrogens (tertiary/aromatic N) is 1. The average Bonchev–Trinajstić information content (AvgIpc) is 2.79. The topological polar surface area (TPSA) is 77.1 Å². The Morgan fingerprint density at radius 3 is 2.40 bits per heavy atom. The Bertz CT molecular complexity index is 862. The molecule has 0 aromatic heterocycles. The van der Waals surface area contributed by atoms with Gasteiger partial charge in [-0.1, -0.05) is 18.2 Å². The molecular weight excluding hydrogens is 384 g/mol. The van der Waals surface area contributed by atoms with E-state index in [-0.39, 0.29) is 24.5 Å². The summed E-state index contributed by atoms with van der Waals surface area (Å²) in [5, 5.41) is 3.00. The Morgan fingerprint density at radius 2 is 1.73 bits per heavy atom. The number of rotatable bonds is 8. The maximum atomic E-state index is 12.7.